The second-order valence-electron chi connectivity index (χ2n) is 5.74. The zero-order valence-corrected chi connectivity index (χ0v) is 12.7. The number of hydrogen-bond donors (Lipinski definition) is 2. The summed E-state index contributed by atoms with van der Waals surface area (Å²) in [6.45, 7) is 5.63. The molecule has 21 heavy (non-hydrogen) atoms. The molecule has 2 rings (SSSR count). The molecule has 0 heterocycles. The predicted molar refractivity (Wildman–Crippen MR) is 85.2 cm³/mol. The molecule has 0 fully saturated rings. The number of amides is 1. The van der Waals surface area contributed by atoms with Crippen LogP contribution in [-0.2, 0) is 10.4 Å². The standard InChI is InChI=1S/C18H21NO2/c1-13-9-14(2)11-16(10-13)19-17(20)12-18(3,21)15-7-5-4-6-8-15/h4-11,21H,12H2,1-3H3,(H,19,20). The molecule has 3 heteroatoms. The van der Waals surface area contributed by atoms with Gasteiger partial charge < -0.3 is 10.4 Å². The number of carbonyl (C=O) groups excluding carboxylic acids is 1. The second-order valence-corrected chi connectivity index (χ2v) is 5.74. The zero-order valence-electron chi connectivity index (χ0n) is 12.7. The van der Waals surface area contributed by atoms with Crippen molar-refractivity contribution < 1.29 is 9.90 Å². The average molecular weight is 283 g/mol. The van der Waals surface area contributed by atoms with Crippen LogP contribution in [0.3, 0.4) is 0 Å². The SMILES string of the molecule is Cc1cc(C)cc(NC(=O)CC(C)(O)c2ccccc2)c1. The number of rotatable bonds is 4. The number of nitrogens with one attached hydrogen (secondary N) is 1. The van der Waals surface area contributed by atoms with Crippen molar-refractivity contribution in [2.45, 2.75) is 32.8 Å². The molecule has 0 saturated heterocycles. The monoisotopic (exact) mass is 283 g/mol. The normalized spacial score (nSPS) is 13.5. The van der Waals surface area contributed by atoms with Crippen LogP contribution in [0.25, 0.3) is 0 Å². The number of anilines is 1. The van der Waals surface area contributed by atoms with E-state index in [0.717, 1.165) is 22.4 Å². The van der Waals surface area contributed by atoms with E-state index in [-0.39, 0.29) is 12.3 Å². The van der Waals surface area contributed by atoms with Crippen molar-refractivity contribution in [1.29, 1.82) is 0 Å². The summed E-state index contributed by atoms with van der Waals surface area (Å²) in [6.07, 6.45) is 0.0179. The molecule has 3 nitrogen and oxygen atoms in total. The van der Waals surface area contributed by atoms with E-state index in [1.807, 2.05) is 56.3 Å². The van der Waals surface area contributed by atoms with E-state index in [9.17, 15) is 9.90 Å². The summed E-state index contributed by atoms with van der Waals surface area (Å²) in [5.74, 6) is -0.200. The van der Waals surface area contributed by atoms with Crippen LogP contribution in [0.4, 0.5) is 5.69 Å². The zero-order chi connectivity index (χ0) is 15.5. The van der Waals surface area contributed by atoms with E-state index in [1.54, 1.807) is 6.92 Å². The van der Waals surface area contributed by atoms with Crippen molar-refractivity contribution in [1.82, 2.24) is 0 Å². The van der Waals surface area contributed by atoms with E-state index in [2.05, 4.69) is 11.4 Å². The topological polar surface area (TPSA) is 49.3 Å². The summed E-state index contributed by atoms with van der Waals surface area (Å²) in [7, 11) is 0. The lowest BCUT2D eigenvalue weighted by atomic mass is 9.92. The van der Waals surface area contributed by atoms with Gasteiger partial charge in [0, 0.05) is 5.69 Å². The van der Waals surface area contributed by atoms with Gasteiger partial charge in [-0.2, -0.15) is 0 Å². The maximum absolute atomic E-state index is 12.2. The minimum Gasteiger partial charge on any atom is -0.385 e. The Kier molecular flexibility index (Phi) is 4.43. The molecule has 110 valence electrons. The predicted octanol–water partition coefficient (Wildman–Crippen LogP) is 3.54. The van der Waals surface area contributed by atoms with Crippen LogP contribution in [0.15, 0.2) is 48.5 Å². The summed E-state index contributed by atoms with van der Waals surface area (Å²) in [4.78, 5) is 12.2. The first-order valence-corrected chi connectivity index (χ1v) is 7.03. The number of carbonyl (C=O) groups is 1. The smallest absolute Gasteiger partial charge is 0.227 e. The molecule has 0 radical (unpaired) electrons. The largest absolute Gasteiger partial charge is 0.385 e. The van der Waals surface area contributed by atoms with Crippen LogP contribution in [-0.4, -0.2) is 11.0 Å². The van der Waals surface area contributed by atoms with Crippen molar-refractivity contribution in [3.05, 3.63) is 65.2 Å². The van der Waals surface area contributed by atoms with E-state index < -0.39 is 5.60 Å². The molecule has 1 atom stereocenters. The first-order valence-electron chi connectivity index (χ1n) is 7.03. The van der Waals surface area contributed by atoms with Gasteiger partial charge in [0.1, 0.15) is 0 Å². The number of hydrogen-bond acceptors (Lipinski definition) is 2. The highest BCUT2D eigenvalue weighted by atomic mass is 16.3. The third kappa shape index (κ3) is 4.17. The second kappa shape index (κ2) is 6.10. The maximum atomic E-state index is 12.2. The van der Waals surface area contributed by atoms with Gasteiger partial charge in [-0.25, -0.2) is 0 Å². The van der Waals surface area contributed by atoms with E-state index in [4.69, 9.17) is 0 Å². The van der Waals surface area contributed by atoms with Crippen LogP contribution < -0.4 is 5.32 Å². The Balaban J connectivity index is 2.07. The highest BCUT2D eigenvalue weighted by Gasteiger charge is 2.26. The van der Waals surface area contributed by atoms with Gasteiger partial charge in [0.15, 0.2) is 0 Å². The Bertz CT molecular complexity index is 613. The minimum atomic E-state index is -1.18. The molecule has 0 aliphatic rings. The third-order valence-corrected chi connectivity index (χ3v) is 3.41. The molecule has 0 aliphatic heterocycles. The molecule has 0 aliphatic carbocycles. The van der Waals surface area contributed by atoms with Gasteiger partial charge in [0.05, 0.1) is 12.0 Å². The van der Waals surface area contributed by atoms with Crippen molar-refractivity contribution in [2.24, 2.45) is 0 Å². The van der Waals surface area contributed by atoms with Crippen LogP contribution in [0.2, 0.25) is 0 Å². The Labute approximate surface area is 125 Å². The van der Waals surface area contributed by atoms with E-state index in [1.165, 1.54) is 0 Å². The molecule has 0 bridgehead atoms. The summed E-state index contributed by atoms with van der Waals surface area (Å²) in [6, 6.07) is 15.1. The van der Waals surface area contributed by atoms with Crippen LogP contribution in [0, 0.1) is 13.8 Å². The first kappa shape index (κ1) is 15.3. The molecule has 2 N–H and O–H groups in total. The number of aliphatic hydroxyl groups is 1. The molecule has 0 aromatic heterocycles. The Morgan fingerprint density at radius 1 is 1.10 bits per heavy atom. The minimum absolute atomic E-state index is 0.0179. The lowest BCUT2D eigenvalue weighted by molar-refractivity contribution is -0.120. The molecule has 1 amide bonds. The molecule has 2 aromatic rings. The molecule has 0 spiro atoms. The highest BCUT2D eigenvalue weighted by molar-refractivity contribution is 5.91. The van der Waals surface area contributed by atoms with Gasteiger partial charge >= 0.3 is 0 Å². The fourth-order valence-corrected chi connectivity index (χ4v) is 2.46. The van der Waals surface area contributed by atoms with Crippen molar-refractivity contribution >= 4 is 11.6 Å². The molecule has 0 saturated carbocycles. The lowest BCUT2D eigenvalue weighted by Gasteiger charge is -2.23. The Morgan fingerprint density at radius 2 is 1.67 bits per heavy atom. The van der Waals surface area contributed by atoms with Crippen molar-refractivity contribution in [3.63, 3.8) is 0 Å². The highest BCUT2D eigenvalue weighted by Crippen LogP contribution is 2.25. The van der Waals surface area contributed by atoms with Crippen molar-refractivity contribution in [3.8, 4) is 0 Å². The fourth-order valence-electron chi connectivity index (χ4n) is 2.46. The van der Waals surface area contributed by atoms with Gasteiger partial charge in [-0.15, -0.1) is 0 Å². The average Bonchev–Trinajstić information content (AvgIpc) is 2.37. The first-order chi connectivity index (χ1) is 9.87. The summed E-state index contributed by atoms with van der Waals surface area (Å²) >= 11 is 0. The Hall–Kier alpha value is -2.13. The number of benzene rings is 2. The fraction of sp³-hybridized carbons (Fsp3) is 0.278. The van der Waals surface area contributed by atoms with Gasteiger partial charge in [0.2, 0.25) is 5.91 Å². The Morgan fingerprint density at radius 3 is 2.24 bits per heavy atom. The lowest BCUT2D eigenvalue weighted by Crippen LogP contribution is -2.28. The van der Waals surface area contributed by atoms with Gasteiger partial charge in [-0.05, 0) is 49.6 Å². The molecule has 1 unspecified atom stereocenters. The summed E-state index contributed by atoms with van der Waals surface area (Å²) in [5, 5.41) is 13.3. The molecular weight excluding hydrogens is 262 g/mol. The summed E-state index contributed by atoms with van der Waals surface area (Å²) in [5.41, 5.74) is 2.52. The van der Waals surface area contributed by atoms with Crippen molar-refractivity contribution in [2.75, 3.05) is 5.32 Å². The van der Waals surface area contributed by atoms with Crippen LogP contribution in [0.1, 0.15) is 30.0 Å². The maximum Gasteiger partial charge on any atom is 0.227 e. The van der Waals surface area contributed by atoms with E-state index >= 15 is 0 Å². The van der Waals surface area contributed by atoms with Gasteiger partial charge in [-0.3, -0.25) is 4.79 Å². The molecular formula is C18H21NO2. The number of aryl methyl sites for hydroxylation is 2. The van der Waals surface area contributed by atoms with Crippen LogP contribution >= 0.6 is 0 Å². The third-order valence-electron chi connectivity index (χ3n) is 3.41. The quantitative estimate of drug-likeness (QED) is 0.901. The summed E-state index contributed by atoms with van der Waals surface area (Å²) < 4.78 is 0. The van der Waals surface area contributed by atoms with Gasteiger partial charge in [0.25, 0.3) is 0 Å². The van der Waals surface area contributed by atoms with Gasteiger partial charge in [-0.1, -0.05) is 36.4 Å². The molecule has 2 aromatic carbocycles. The van der Waals surface area contributed by atoms with Crippen LogP contribution in [0.5, 0.6) is 0 Å². The van der Waals surface area contributed by atoms with E-state index in [0.29, 0.717) is 0 Å².